The Hall–Kier alpha value is -2.98. The van der Waals surface area contributed by atoms with Crippen LogP contribution < -0.4 is 15.5 Å². The Balaban J connectivity index is 1.33. The fraction of sp³-hybridized carbons (Fsp3) is 0.350. The highest BCUT2D eigenvalue weighted by molar-refractivity contribution is 7.99. The highest BCUT2D eigenvalue weighted by atomic mass is 32.2. The molecule has 0 spiro atoms. The van der Waals surface area contributed by atoms with Crippen molar-refractivity contribution in [2.75, 3.05) is 25.5 Å². The molecule has 0 saturated carbocycles. The lowest BCUT2D eigenvalue weighted by atomic mass is 10.2. The van der Waals surface area contributed by atoms with Gasteiger partial charge in [0.2, 0.25) is 0 Å². The summed E-state index contributed by atoms with van der Waals surface area (Å²) < 4.78 is 10.9. The van der Waals surface area contributed by atoms with Crippen molar-refractivity contribution in [3.05, 3.63) is 48.3 Å². The molecule has 1 atom stereocenters. The summed E-state index contributed by atoms with van der Waals surface area (Å²) in [5.41, 5.74) is 3.23. The molecule has 1 aliphatic heterocycles. The van der Waals surface area contributed by atoms with Crippen molar-refractivity contribution in [1.82, 2.24) is 20.7 Å². The first kappa shape index (κ1) is 21.7. The number of benzene rings is 1. The molecule has 158 valence electrons. The smallest absolute Gasteiger partial charge is 0.258 e. The van der Waals surface area contributed by atoms with Gasteiger partial charge in [0.25, 0.3) is 11.8 Å². The quantitative estimate of drug-likeness (QED) is 0.254. The Kier molecular flexibility index (Phi) is 8.61. The van der Waals surface area contributed by atoms with E-state index < -0.39 is 0 Å². The number of carbonyl (C=O) groups excluding carboxylic acids is 2. The van der Waals surface area contributed by atoms with E-state index in [1.54, 1.807) is 42.7 Å². The van der Waals surface area contributed by atoms with E-state index in [-0.39, 0.29) is 30.3 Å². The first-order chi connectivity index (χ1) is 14.7. The molecule has 9 nitrogen and oxygen atoms in total. The second-order valence-electron chi connectivity index (χ2n) is 6.41. The van der Waals surface area contributed by atoms with Crippen LogP contribution in [0.2, 0.25) is 0 Å². The maximum Gasteiger partial charge on any atom is 0.258 e. The standard InChI is InChI=1S/C20H23N5O4S/c26-18(23-12-17-3-1-10-28-17)13-29-16-6-4-15(5-7-16)11-24-25-19(27)14-30-20-21-8-2-9-22-20/h2,4-9,11,17H,1,3,10,12-14H2,(H,23,26)(H,25,27)/b24-11+. The zero-order chi connectivity index (χ0) is 21.0. The van der Waals surface area contributed by atoms with Crippen molar-refractivity contribution >= 4 is 29.8 Å². The van der Waals surface area contributed by atoms with Gasteiger partial charge in [-0.05, 0) is 48.7 Å². The maximum absolute atomic E-state index is 11.8. The Morgan fingerprint density at radius 2 is 2.03 bits per heavy atom. The Morgan fingerprint density at radius 3 is 2.77 bits per heavy atom. The van der Waals surface area contributed by atoms with Crippen LogP contribution in [0.3, 0.4) is 0 Å². The van der Waals surface area contributed by atoms with E-state index in [0.29, 0.717) is 17.5 Å². The van der Waals surface area contributed by atoms with Crippen LogP contribution in [-0.4, -0.2) is 59.6 Å². The maximum atomic E-state index is 11.8. The molecular weight excluding hydrogens is 406 g/mol. The van der Waals surface area contributed by atoms with Crippen molar-refractivity contribution in [2.24, 2.45) is 5.10 Å². The zero-order valence-corrected chi connectivity index (χ0v) is 17.1. The molecule has 0 bridgehead atoms. The van der Waals surface area contributed by atoms with Crippen molar-refractivity contribution < 1.29 is 19.1 Å². The number of rotatable bonds is 10. The van der Waals surface area contributed by atoms with Crippen molar-refractivity contribution in [2.45, 2.75) is 24.1 Å². The van der Waals surface area contributed by atoms with Gasteiger partial charge in [0, 0.05) is 25.5 Å². The van der Waals surface area contributed by atoms with Crippen LogP contribution in [0.15, 0.2) is 53.0 Å². The molecule has 2 amide bonds. The summed E-state index contributed by atoms with van der Waals surface area (Å²) in [4.78, 5) is 31.7. The highest BCUT2D eigenvalue weighted by Gasteiger charge is 2.16. The minimum absolute atomic E-state index is 0.0565. The van der Waals surface area contributed by atoms with Gasteiger partial charge in [-0.3, -0.25) is 9.59 Å². The first-order valence-corrected chi connectivity index (χ1v) is 10.5. The molecule has 3 rings (SSSR count). The Morgan fingerprint density at radius 1 is 1.23 bits per heavy atom. The monoisotopic (exact) mass is 429 g/mol. The van der Waals surface area contributed by atoms with Crippen LogP contribution in [-0.2, 0) is 14.3 Å². The topological polar surface area (TPSA) is 115 Å². The second kappa shape index (κ2) is 11.9. The SMILES string of the molecule is O=C(COc1ccc(/C=N/NC(=O)CSc2ncccn2)cc1)NCC1CCCO1. The zero-order valence-electron chi connectivity index (χ0n) is 16.3. The number of carbonyl (C=O) groups is 2. The third-order valence-electron chi connectivity index (χ3n) is 4.08. The van der Waals surface area contributed by atoms with Gasteiger partial charge in [-0.2, -0.15) is 5.10 Å². The lowest BCUT2D eigenvalue weighted by Crippen LogP contribution is -2.35. The second-order valence-corrected chi connectivity index (χ2v) is 7.35. The minimum Gasteiger partial charge on any atom is -0.484 e. The van der Waals surface area contributed by atoms with Crippen molar-refractivity contribution in [3.63, 3.8) is 0 Å². The predicted octanol–water partition coefficient (Wildman–Crippen LogP) is 1.39. The average molecular weight is 430 g/mol. The predicted molar refractivity (Wildman–Crippen MR) is 112 cm³/mol. The number of ether oxygens (including phenoxy) is 2. The fourth-order valence-corrected chi connectivity index (χ4v) is 3.18. The molecule has 1 aromatic carbocycles. The third kappa shape index (κ3) is 7.80. The number of hydrazone groups is 1. The largest absolute Gasteiger partial charge is 0.484 e. The normalized spacial score (nSPS) is 15.8. The molecule has 2 heterocycles. The molecule has 0 aliphatic carbocycles. The summed E-state index contributed by atoms with van der Waals surface area (Å²) in [6.45, 7) is 1.22. The molecule has 1 unspecified atom stereocenters. The van der Waals surface area contributed by atoms with Gasteiger partial charge >= 0.3 is 0 Å². The van der Waals surface area contributed by atoms with Crippen LogP contribution >= 0.6 is 11.8 Å². The molecule has 30 heavy (non-hydrogen) atoms. The van der Waals surface area contributed by atoms with E-state index in [9.17, 15) is 9.59 Å². The lowest BCUT2D eigenvalue weighted by Gasteiger charge is -2.11. The molecule has 2 N–H and O–H groups in total. The summed E-state index contributed by atoms with van der Waals surface area (Å²) in [5.74, 6) is 0.307. The third-order valence-corrected chi connectivity index (χ3v) is 4.95. The van der Waals surface area contributed by atoms with Gasteiger partial charge in [-0.15, -0.1) is 0 Å². The molecule has 1 saturated heterocycles. The Bertz CT molecular complexity index is 842. The first-order valence-electron chi connectivity index (χ1n) is 9.52. The van der Waals surface area contributed by atoms with Crippen LogP contribution in [0.1, 0.15) is 18.4 Å². The number of nitrogens with zero attached hydrogens (tertiary/aromatic N) is 3. The Labute approximate surface area is 178 Å². The molecule has 1 aromatic heterocycles. The van der Waals surface area contributed by atoms with Gasteiger partial charge in [-0.1, -0.05) is 11.8 Å². The van der Waals surface area contributed by atoms with Crippen molar-refractivity contribution in [3.8, 4) is 5.75 Å². The number of aromatic nitrogens is 2. The summed E-state index contributed by atoms with van der Waals surface area (Å²) in [6.07, 6.45) is 6.90. The van der Waals surface area contributed by atoms with E-state index in [4.69, 9.17) is 9.47 Å². The molecule has 10 heteroatoms. The van der Waals surface area contributed by atoms with E-state index in [2.05, 4.69) is 25.8 Å². The van der Waals surface area contributed by atoms with Gasteiger partial charge in [0.1, 0.15) is 5.75 Å². The highest BCUT2D eigenvalue weighted by Crippen LogP contribution is 2.12. The minimum atomic E-state index is -0.252. The van der Waals surface area contributed by atoms with Gasteiger partial charge < -0.3 is 14.8 Å². The molecular formula is C20H23N5O4S. The summed E-state index contributed by atoms with van der Waals surface area (Å²) in [7, 11) is 0. The van der Waals surface area contributed by atoms with Crippen LogP contribution in [0, 0.1) is 0 Å². The van der Waals surface area contributed by atoms with E-state index in [0.717, 1.165) is 25.0 Å². The average Bonchev–Trinajstić information content (AvgIpc) is 3.30. The number of nitrogens with one attached hydrogen (secondary N) is 2. The number of thioether (sulfide) groups is 1. The summed E-state index contributed by atoms with van der Waals surface area (Å²) in [6, 6.07) is 8.74. The number of hydrogen-bond acceptors (Lipinski definition) is 8. The van der Waals surface area contributed by atoms with Gasteiger partial charge in [0.05, 0.1) is 18.1 Å². The lowest BCUT2D eigenvalue weighted by molar-refractivity contribution is -0.123. The van der Waals surface area contributed by atoms with Gasteiger partial charge in [0.15, 0.2) is 11.8 Å². The molecule has 1 fully saturated rings. The number of amides is 2. The molecule has 2 aromatic rings. The fourth-order valence-electron chi connectivity index (χ4n) is 2.58. The van der Waals surface area contributed by atoms with Crippen LogP contribution in [0.4, 0.5) is 0 Å². The van der Waals surface area contributed by atoms with Crippen LogP contribution in [0.5, 0.6) is 5.75 Å². The van der Waals surface area contributed by atoms with E-state index >= 15 is 0 Å². The van der Waals surface area contributed by atoms with Gasteiger partial charge in [-0.25, -0.2) is 15.4 Å². The molecule has 0 radical (unpaired) electrons. The number of hydrogen-bond donors (Lipinski definition) is 2. The molecule has 1 aliphatic rings. The van der Waals surface area contributed by atoms with Crippen molar-refractivity contribution in [1.29, 1.82) is 0 Å². The summed E-state index contributed by atoms with van der Waals surface area (Å²) >= 11 is 1.23. The van der Waals surface area contributed by atoms with E-state index in [1.165, 1.54) is 18.0 Å². The summed E-state index contributed by atoms with van der Waals surface area (Å²) in [5, 5.41) is 7.26. The van der Waals surface area contributed by atoms with E-state index in [1.807, 2.05) is 0 Å². The van der Waals surface area contributed by atoms with Crippen LogP contribution in [0.25, 0.3) is 0 Å².